The normalized spacial score (nSPS) is 16.6. The first kappa shape index (κ1) is 19.9. The van der Waals surface area contributed by atoms with Gasteiger partial charge in [-0.1, -0.05) is 18.1 Å². The molecular formula is C21H25FN4O2. The summed E-state index contributed by atoms with van der Waals surface area (Å²) in [4.78, 5) is 27.9. The minimum absolute atomic E-state index is 0.00642. The molecule has 1 aromatic carbocycles. The van der Waals surface area contributed by atoms with Crippen LogP contribution in [-0.4, -0.2) is 28.3 Å². The first-order valence-corrected chi connectivity index (χ1v) is 9.41. The molecule has 0 aliphatic carbocycles. The fraction of sp³-hybridized carbons (Fsp3) is 0.429. The lowest BCUT2D eigenvalue weighted by molar-refractivity contribution is 0.491. The van der Waals surface area contributed by atoms with Crippen molar-refractivity contribution in [2.75, 3.05) is 18.0 Å². The van der Waals surface area contributed by atoms with E-state index in [0.29, 0.717) is 23.5 Å². The highest BCUT2D eigenvalue weighted by atomic mass is 19.1. The summed E-state index contributed by atoms with van der Waals surface area (Å²) in [7, 11) is 0. The van der Waals surface area contributed by atoms with Gasteiger partial charge >= 0.3 is 5.69 Å². The zero-order chi connectivity index (χ0) is 20.3. The zero-order valence-electron chi connectivity index (χ0n) is 16.2. The van der Waals surface area contributed by atoms with Crippen LogP contribution in [0.25, 0.3) is 0 Å². The van der Waals surface area contributed by atoms with Gasteiger partial charge in [0.1, 0.15) is 11.6 Å². The van der Waals surface area contributed by atoms with E-state index in [1.807, 2.05) is 4.90 Å². The number of nitrogens with zero attached hydrogens (tertiary/aromatic N) is 3. The summed E-state index contributed by atoms with van der Waals surface area (Å²) in [5.74, 6) is 5.88. The summed E-state index contributed by atoms with van der Waals surface area (Å²) in [6, 6.07) is 6.13. The van der Waals surface area contributed by atoms with Gasteiger partial charge in [-0.2, -0.15) is 0 Å². The largest absolute Gasteiger partial charge is 0.356 e. The highest BCUT2D eigenvalue weighted by Crippen LogP contribution is 2.17. The van der Waals surface area contributed by atoms with E-state index < -0.39 is 11.2 Å². The third-order valence-electron chi connectivity index (χ3n) is 5.16. The van der Waals surface area contributed by atoms with Crippen LogP contribution in [0.4, 0.5) is 10.2 Å². The Morgan fingerprint density at radius 1 is 1.29 bits per heavy atom. The summed E-state index contributed by atoms with van der Waals surface area (Å²) >= 11 is 0. The standard InChI is InChI=1S/C21H25FN4O2/c1-3-4-11-25-19(24-10-6-8-17(23)14-24)12-20(27)26(21(25)28)13-16-7-5-9-18(22)15(16)2/h5,7,9,12,17H,6,8,10-11,13-14,23H2,1-2H3/t17-/m1/s1. The van der Waals surface area contributed by atoms with Crippen molar-refractivity contribution in [2.45, 2.75) is 45.8 Å². The van der Waals surface area contributed by atoms with Gasteiger partial charge in [-0.25, -0.2) is 9.18 Å². The van der Waals surface area contributed by atoms with Crippen LogP contribution in [0.3, 0.4) is 0 Å². The van der Waals surface area contributed by atoms with E-state index >= 15 is 0 Å². The number of benzene rings is 1. The Morgan fingerprint density at radius 2 is 2.07 bits per heavy atom. The fourth-order valence-corrected chi connectivity index (χ4v) is 3.53. The lowest BCUT2D eigenvalue weighted by atomic mass is 10.1. The maximum Gasteiger partial charge on any atom is 0.333 e. The summed E-state index contributed by atoms with van der Waals surface area (Å²) in [5, 5.41) is 0. The van der Waals surface area contributed by atoms with E-state index in [9.17, 15) is 14.0 Å². The SMILES string of the molecule is CC#CCn1c(N2CCC[C@@H](N)C2)cc(=O)n(Cc2cccc(F)c2C)c1=O. The Morgan fingerprint density at radius 3 is 2.79 bits per heavy atom. The molecule has 1 aromatic heterocycles. The molecule has 0 amide bonds. The van der Waals surface area contributed by atoms with Crippen LogP contribution >= 0.6 is 0 Å². The average molecular weight is 384 g/mol. The smallest absolute Gasteiger partial charge is 0.333 e. The van der Waals surface area contributed by atoms with Gasteiger partial charge in [0.15, 0.2) is 0 Å². The Hall–Kier alpha value is -2.85. The van der Waals surface area contributed by atoms with Crippen LogP contribution < -0.4 is 21.9 Å². The first-order chi connectivity index (χ1) is 13.4. The molecule has 0 saturated carbocycles. The van der Waals surface area contributed by atoms with Gasteiger partial charge in [0.05, 0.1) is 13.1 Å². The number of rotatable bonds is 4. The average Bonchev–Trinajstić information content (AvgIpc) is 2.67. The second-order valence-electron chi connectivity index (χ2n) is 7.09. The second-order valence-corrected chi connectivity index (χ2v) is 7.09. The molecule has 2 heterocycles. The monoisotopic (exact) mass is 384 g/mol. The number of anilines is 1. The van der Waals surface area contributed by atoms with Crippen molar-refractivity contribution in [1.29, 1.82) is 0 Å². The molecule has 1 aliphatic heterocycles. The predicted molar refractivity (Wildman–Crippen MR) is 108 cm³/mol. The van der Waals surface area contributed by atoms with Crippen molar-refractivity contribution in [1.82, 2.24) is 9.13 Å². The van der Waals surface area contributed by atoms with Gasteiger partial charge in [0, 0.05) is 25.2 Å². The molecule has 1 fully saturated rings. The Balaban J connectivity index is 2.09. The Bertz CT molecular complexity index is 1050. The fourth-order valence-electron chi connectivity index (χ4n) is 3.53. The number of halogens is 1. The number of hydrogen-bond donors (Lipinski definition) is 1. The van der Waals surface area contributed by atoms with Crippen molar-refractivity contribution in [2.24, 2.45) is 5.73 Å². The molecule has 7 heteroatoms. The molecule has 0 bridgehead atoms. The Labute approximate surface area is 163 Å². The predicted octanol–water partition coefficient (Wildman–Crippen LogP) is 1.46. The van der Waals surface area contributed by atoms with Crippen LogP contribution in [0.5, 0.6) is 0 Å². The molecule has 0 radical (unpaired) electrons. The number of nitrogens with two attached hydrogens (primary N) is 1. The van der Waals surface area contributed by atoms with Crippen LogP contribution in [0.15, 0.2) is 33.9 Å². The molecule has 0 spiro atoms. The topological polar surface area (TPSA) is 73.3 Å². The van der Waals surface area contributed by atoms with Gasteiger partial charge in [-0.05, 0) is 43.9 Å². The van der Waals surface area contributed by atoms with Crippen molar-refractivity contribution in [3.63, 3.8) is 0 Å². The van der Waals surface area contributed by atoms with Crippen LogP contribution in [0, 0.1) is 24.6 Å². The molecule has 1 saturated heterocycles. The molecule has 28 heavy (non-hydrogen) atoms. The minimum Gasteiger partial charge on any atom is -0.356 e. The molecule has 148 valence electrons. The van der Waals surface area contributed by atoms with Crippen molar-refractivity contribution < 1.29 is 4.39 Å². The number of hydrogen-bond acceptors (Lipinski definition) is 4. The van der Waals surface area contributed by atoms with Crippen molar-refractivity contribution in [3.8, 4) is 11.8 Å². The lowest BCUT2D eigenvalue weighted by Gasteiger charge is -2.33. The zero-order valence-corrected chi connectivity index (χ0v) is 16.2. The molecule has 2 aromatic rings. The summed E-state index contributed by atoms with van der Waals surface area (Å²) < 4.78 is 16.5. The molecule has 1 aliphatic rings. The van der Waals surface area contributed by atoms with Crippen molar-refractivity contribution in [3.05, 3.63) is 62.0 Å². The van der Waals surface area contributed by atoms with Gasteiger partial charge < -0.3 is 10.6 Å². The first-order valence-electron chi connectivity index (χ1n) is 9.41. The van der Waals surface area contributed by atoms with E-state index in [1.165, 1.54) is 16.7 Å². The highest BCUT2D eigenvalue weighted by molar-refractivity contribution is 5.40. The number of aromatic nitrogens is 2. The Kier molecular flexibility index (Phi) is 6.00. The molecule has 1 atom stereocenters. The van der Waals surface area contributed by atoms with Crippen LogP contribution in [0.2, 0.25) is 0 Å². The van der Waals surface area contributed by atoms with Crippen LogP contribution in [0.1, 0.15) is 30.9 Å². The van der Waals surface area contributed by atoms with E-state index in [-0.39, 0.29) is 24.9 Å². The molecular weight excluding hydrogens is 359 g/mol. The quantitative estimate of drug-likeness (QED) is 0.810. The lowest BCUT2D eigenvalue weighted by Crippen LogP contribution is -2.48. The van der Waals surface area contributed by atoms with E-state index in [1.54, 1.807) is 26.0 Å². The van der Waals surface area contributed by atoms with E-state index in [0.717, 1.165) is 24.0 Å². The second kappa shape index (κ2) is 8.44. The van der Waals surface area contributed by atoms with Gasteiger partial charge in [0.25, 0.3) is 5.56 Å². The maximum absolute atomic E-state index is 13.9. The molecule has 0 unspecified atom stereocenters. The van der Waals surface area contributed by atoms with Gasteiger partial charge in [0.2, 0.25) is 0 Å². The molecule has 6 nitrogen and oxygen atoms in total. The third kappa shape index (κ3) is 4.02. The maximum atomic E-state index is 13.9. The van der Waals surface area contributed by atoms with E-state index in [2.05, 4.69) is 11.8 Å². The number of piperidine rings is 1. The minimum atomic E-state index is -0.451. The van der Waals surface area contributed by atoms with Gasteiger partial charge in [-0.15, -0.1) is 5.92 Å². The van der Waals surface area contributed by atoms with Crippen molar-refractivity contribution >= 4 is 5.82 Å². The summed E-state index contributed by atoms with van der Waals surface area (Å²) in [6.07, 6.45) is 1.83. The summed E-state index contributed by atoms with van der Waals surface area (Å²) in [5.41, 5.74) is 6.24. The molecule has 3 rings (SSSR count). The highest BCUT2D eigenvalue weighted by Gasteiger charge is 2.22. The van der Waals surface area contributed by atoms with Gasteiger partial charge in [-0.3, -0.25) is 13.9 Å². The third-order valence-corrected chi connectivity index (χ3v) is 5.16. The van der Waals surface area contributed by atoms with Crippen LogP contribution in [-0.2, 0) is 13.1 Å². The molecule has 2 N–H and O–H groups in total. The van der Waals surface area contributed by atoms with E-state index in [4.69, 9.17) is 5.73 Å². The summed E-state index contributed by atoms with van der Waals surface area (Å²) in [6.45, 7) is 4.86.